The highest BCUT2D eigenvalue weighted by Gasteiger charge is 2.26. The van der Waals surface area contributed by atoms with Crippen molar-refractivity contribution < 1.29 is 19.1 Å². The molecule has 4 rings (SSSR count). The number of hydrogen-bond acceptors (Lipinski definition) is 4. The van der Waals surface area contributed by atoms with Crippen molar-refractivity contribution in [2.75, 3.05) is 28.6 Å². The monoisotopic (exact) mass is 416 g/mol. The molecule has 31 heavy (non-hydrogen) atoms. The van der Waals surface area contributed by atoms with Crippen molar-refractivity contribution in [1.29, 1.82) is 0 Å². The number of carbonyl (C=O) groups excluding carboxylic acids is 3. The Hall–Kier alpha value is -4.33. The van der Waals surface area contributed by atoms with E-state index in [-0.39, 0.29) is 24.9 Å². The van der Waals surface area contributed by atoms with Crippen LogP contribution >= 0.6 is 0 Å². The minimum absolute atomic E-state index is 0.118. The Morgan fingerprint density at radius 3 is 2.35 bits per heavy atom. The summed E-state index contributed by atoms with van der Waals surface area (Å²) in [4.78, 5) is 37.9. The third-order valence-corrected chi connectivity index (χ3v) is 4.53. The van der Waals surface area contributed by atoms with E-state index in [9.17, 15) is 14.4 Å². The summed E-state index contributed by atoms with van der Waals surface area (Å²) in [5.74, 6) is 0.672. The summed E-state index contributed by atoms with van der Waals surface area (Å²) in [6.07, 6.45) is 0. The van der Waals surface area contributed by atoms with E-state index < -0.39 is 6.03 Å². The molecule has 3 aromatic rings. The molecule has 3 N–H and O–H groups in total. The van der Waals surface area contributed by atoms with Gasteiger partial charge in [0.2, 0.25) is 11.8 Å². The number of ether oxygens (including phenoxy) is 1. The summed E-state index contributed by atoms with van der Waals surface area (Å²) in [5, 5.41) is 7.97. The largest absolute Gasteiger partial charge is 0.457 e. The SMILES string of the molecule is O=C(CNC(=O)N1CC(=O)Nc2ccccc21)Nc1ccc(Oc2ccccc2)cc1. The molecule has 0 fully saturated rings. The van der Waals surface area contributed by atoms with Crippen molar-refractivity contribution in [3.05, 3.63) is 78.9 Å². The van der Waals surface area contributed by atoms with Gasteiger partial charge >= 0.3 is 6.03 Å². The van der Waals surface area contributed by atoms with Crippen LogP contribution in [-0.4, -0.2) is 30.9 Å². The lowest BCUT2D eigenvalue weighted by atomic mass is 10.2. The van der Waals surface area contributed by atoms with E-state index in [1.807, 2.05) is 30.3 Å². The van der Waals surface area contributed by atoms with Crippen molar-refractivity contribution in [2.24, 2.45) is 0 Å². The molecule has 0 bridgehead atoms. The molecule has 0 aromatic heterocycles. The Bertz CT molecular complexity index is 1100. The summed E-state index contributed by atoms with van der Waals surface area (Å²) in [6.45, 7) is -0.352. The molecule has 0 atom stereocenters. The van der Waals surface area contributed by atoms with Gasteiger partial charge in [0.15, 0.2) is 0 Å². The van der Waals surface area contributed by atoms with Crippen LogP contribution in [0.25, 0.3) is 0 Å². The standard InChI is InChI=1S/C23H20N4O4/c28-21(25-16-10-12-18(13-11-16)31-17-6-2-1-3-7-17)14-24-23(30)27-15-22(29)26-19-8-4-5-9-20(19)27/h1-13H,14-15H2,(H,24,30)(H,25,28)(H,26,29). The minimum atomic E-state index is -0.524. The van der Waals surface area contributed by atoms with E-state index in [1.54, 1.807) is 48.5 Å². The van der Waals surface area contributed by atoms with Crippen LogP contribution in [0, 0.1) is 0 Å². The number of carbonyl (C=O) groups is 3. The maximum atomic E-state index is 12.5. The molecule has 3 aromatic carbocycles. The van der Waals surface area contributed by atoms with Crippen LogP contribution in [0.4, 0.5) is 21.9 Å². The van der Waals surface area contributed by atoms with E-state index in [0.717, 1.165) is 5.75 Å². The number of hydrogen-bond donors (Lipinski definition) is 3. The fourth-order valence-electron chi connectivity index (χ4n) is 3.10. The lowest BCUT2D eigenvalue weighted by Gasteiger charge is -2.29. The summed E-state index contributed by atoms with van der Waals surface area (Å²) >= 11 is 0. The zero-order valence-electron chi connectivity index (χ0n) is 16.5. The number of nitrogens with one attached hydrogen (secondary N) is 3. The zero-order valence-corrected chi connectivity index (χ0v) is 16.5. The molecule has 156 valence electrons. The molecule has 1 heterocycles. The third-order valence-electron chi connectivity index (χ3n) is 4.53. The Labute approximate surface area is 178 Å². The van der Waals surface area contributed by atoms with E-state index in [1.165, 1.54) is 4.90 Å². The van der Waals surface area contributed by atoms with Crippen molar-refractivity contribution in [3.8, 4) is 11.5 Å². The van der Waals surface area contributed by atoms with E-state index in [2.05, 4.69) is 16.0 Å². The summed E-state index contributed by atoms with van der Waals surface area (Å²) < 4.78 is 5.71. The van der Waals surface area contributed by atoms with Gasteiger partial charge in [0, 0.05) is 5.69 Å². The Balaban J connectivity index is 1.30. The molecule has 0 unspecified atom stereocenters. The normalized spacial score (nSPS) is 12.4. The first-order chi connectivity index (χ1) is 15.1. The number of nitrogens with zero attached hydrogens (tertiary/aromatic N) is 1. The average molecular weight is 416 g/mol. The van der Waals surface area contributed by atoms with Crippen LogP contribution in [0.1, 0.15) is 0 Å². The molecule has 1 aliphatic rings. The summed E-state index contributed by atoms with van der Waals surface area (Å²) in [6, 6.07) is 22.7. The highest BCUT2D eigenvalue weighted by atomic mass is 16.5. The topological polar surface area (TPSA) is 99.8 Å². The third kappa shape index (κ3) is 4.99. The molecule has 4 amide bonds. The van der Waals surface area contributed by atoms with Gasteiger partial charge in [0.05, 0.1) is 17.9 Å². The van der Waals surface area contributed by atoms with Gasteiger partial charge in [-0.05, 0) is 48.5 Å². The van der Waals surface area contributed by atoms with Crippen molar-refractivity contribution in [1.82, 2.24) is 5.32 Å². The van der Waals surface area contributed by atoms with Crippen molar-refractivity contribution in [2.45, 2.75) is 0 Å². The van der Waals surface area contributed by atoms with Crippen LogP contribution in [0.15, 0.2) is 78.9 Å². The molecule has 0 radical (unpaired) electrons. The molecule has 0 saturated carbocycles. The van der Waals surface area contributed by atoms with Crippen molar-refractivity contribution >= 4 is 34.9 Å². The zero-order chi connectivity index (χ0) is 21.6. The number of amides is 4. The minimum Gasteiger partial charge on any atom is -0.457 e. The highest BCUT2D eigenvalue weighted by molar-refractivity contribution is 6.10. The van der Waals surface area contributed by atoms with E-state index in [0.29, 0.717) is 22.8 Å². The second kappa shape index (κ2) is 9.00. The number of para-hydroxylation sites is 3. The van der Waals surface area contributed by atoms with Gasteiger partial charge in [-0.1, -0.05) is 30.3 Å². The maximum Gasteiger partial charge on any atom is 0.322 e. The molecule has 0 saturated heterocycles. The molecule has 1 aliphatic heterocycles. The molecular formula is C23H20N4O4. The summed E-state index contributed by atoms with van der Waals surface area (Å²) in [7, 11) is 0. The highest BCUT2D eigenvalue weighted by Crippen LogP contribution is 2.28. The predicted molar refractivity (Wildman–Crippen MR) is 117 cm³/mol. The first-order valence-corrected chi connectivity index (χ1v) is 9.65. The van der Waals surface area contributed by atoms with E-state index in [4.69, 9.17) is 4.74 Å². The van der Waals surface area contributed by atoms with Gasteiger partial charge in [-0.3, -0.25) is 14.5 Å². The van der Waals surface area contributed by atoms with Gasteiger partial charge in [0.1, 0.15) is 18.0 Å². The number of anilines is 3. The van der Waals surface area contributed by atoms with Crippen LogP contribution in [0.2, 0.25) is 0 Å². The number of rotatable bonds is 5. The Kier molecular flexibility index (Phi) is 5.79. The smallest absolute Gasteiger partial charge is 0.322 e. The van der Waals surface area contributed by atoms with Gasteiger partial charge in [-0.15, -0.1) is 0 Å². The van der Waals surface area contributed by atoms with Crippen LogP contribution < -0.4 is 25.6 Å². The van der Waals surface area contributed by atoms with E-state index >= 15 is 0 Å². The predicted octanol–water partition coefficient (Wildman–Crippen LogP) is 3.59. The van der Waals surface area contributed by atoms with Gasteiger partial charge < -0.3 is 20.7 Å². The second-order valence-electron chi connectivity index (χ2n) is 6.80. The number of urea groups is 1. The first-order valence-electron chi connectivity index (χ1n) is 9.65. The Morgan fingerprint density at radius 2 is 1.58 bits per heavy atom. The fraction of sp³-hybridized carbons (Fsp3) is 0.0870. The summed E-state index contributed by atoms with van der Waals surface area (Å²) in [5.41, 5.74) is 1.70. The van der Waals surface area contributed by atoms with Gasteiger partial charge in [-0.25, -0.2) is 4.79 Å². The average Bonchev–Trinajstić information content (AvgIpc) is 2.79. The first kappa shape index (κ1) is 20.0. The lowest BCUT2D eigenvalue weighted by Crippen LogP contribution is -2.48. The Morgan fingerprint density at radius 1 is 0.903 bits per heavy atom. The molecule has 0 aliphatic carbocycles. The van der Waals surface area contributed by atoms with Gasteiger partial charge in [-0.2, -0.15) is 0 Å². The number of fused-ring (bicyclic) bond motifs is 1. The number of benzene rings is 3. The van der Waals surface area contributed by atoms with Crippen LogP contribution in [-0.2, 0) is 9.59 Å². The molecule has 8 heteroatoms. The fourth-order valence-corrected chi connectivity index (χ4v) is 3.10. The van der Waals surface area contributed by atoms with Crippen LogP contribution in [0.3, 0.4) is 0 Å². The van der Waals surface area contributed by atoms with Crippen molar-refractivity contribution in [3.63, 3.8) is 0 Å². The second-order valence-corrected chi connectivity index (χ2v) is 6.80. The molecule has 0 spiro atoms. The quantitative estimate of drug-likeness (QED) is 0.592. The molecule has 8 nitrogen and oxygen atoms in total. The van der Waals surface area contributed by atoms with Gasteiger partial charge in [0.25, 0.3) is 0 Å². The molecular weight excluding hydrogens is 396 g/mol. The lowest BCUT2D eigenvalue weighted by molar-refractivity contribution is -0.115. The maximum absolute atomic E-state index is 12.5. The van der Waals surface area contributed by atoms with Crippen LogP contribution in [0.5, 0.6) is 11.5 Å².